The fourth-order valence-electron chi connectivity index (χ4n) is 9.56. The molecule has 382 valence electrons. The summed E-state index contributed by atoms with van der Waals surface area (Å²) >= 11 is 0. The number of ketones is 3. The Morgan fingerprint density at radius 3 is 2.19 bits per heavy atom. The zero-order chi connectivity index (χ0) is 50.4. The van der Waals surface area contributed by atoms with Gasteiger partial charge in [0.25, 0.3) is 5.78 Å². The van der Waals surface area contributed by atoms with E-state index in [1.807, 2.05) is 65.0 Å². The molecule has 1 saturated heterocycles. The van der Waals surface area contributed by atoms with Crippen LogP contribution in [0.25, 0.3) is 0 Å². The van der Waals surface area contributed by atoms with E-state index in [-0.39, 0.29) is 66.1 Å². The molecule has 1 heterocycles. The Kier molecular flexibility index (Phi) is 27.2. The fourth-order valence-corrected chi connectivity index (χ4v) is 9.56. The van der Waals surface area contributed by atoms with Gasteiger partial charge >= 0.3 is 5.97 Å². The molecule has 2 fully saturated rings. The van der Waals surface area contributed by atoms with E-state index in [0.29, 0.717) is 44.1 Å². The van der Waals surface area contributed by atoms with Crippen LogP contribution in [0.4, 0.5) is 0 Å². The van der Waals surface area contributed by atoms with Gasteiger partial charge in [0, 0.05) is 51.9 Å². The summed E-state index contributed by atoms with van der Waals surface area (Å²) in [7, 11) is 4.64. The predicted molar refractivity (Wildman–Crippen MR) is 260 cm³/mol. The molecule has 0 aromatic rings. The minimum Gasteiger partial charge on any atom is -0.461 e. The zero-order valence-corrected chi connectivity index (χ0v) is 42.9. The molecular formula is C54H88O13. The van der Waals surface area contributed by atoms with Gasteiger partial charge in [0.15, 0.2) is 12.1 Å². The zero-order valence-electron chi connectivity index (χ0n) is 42.9. The van der Waals surface area contributed by atoms with Crippen LogP contribution in [0.15, 0.2) is 47.6 Å². The van der Waals surface area contributed by atoms with Crippen molar-refractivity contribution < 1.29 is 63.0 Å². The number of esters is 1. The van der Waals surface area contributed by atoms with Gasteiger partial charge in [-0.15, -0.1) is 0 Å². The van der Waals surface area contributed by atoms with Crippen LogP contribution in [0.2, 0.25) is 0 Å². The third kappa shape index (κ3) is 19.6. The normalized spacial score (nSPS) is 27.3. The van der Waals surface area contributed by atoms with Crippen LogP contribution in [0.1, 0.15) is 152 Å². The Hall–Kier alpha value is -3.17. The minimum atomic E-state index is -2.13. The summed E-state index contributed by atoms with van der Waals surface area (Å²) in [6.45, 7) is 16.9. The lowest BCUT2D eigenvalue weighted by Gasteiger charge is -2.40. The highest BCUT2D eigenvalue weighted by molar-refractivity contribution is 6.28. The largest absolute Gasteiger partial charge is 0.461 e. The number of Topliss-reactive ketones (excluding diaryl/α,β-unsaturated/α-hetero) is 3. The van der Waals surface area contributed by atoms with Crippen LogP contribution in [0.3, 0.4) is 0 Å². The maximum Gasteiger partial charge on any atom is 0.308 e. The van der Waals surface area contributed by atoms with Crippen LogP contribution in [0, 0.1) is 41.4 Å². The maximum absolute atomic E-state index is 13.9. The summed E-state index contributed by atoms with van der Waals surface area (Å²) in [6.07, 6.45) is 16.4. The average molecular weight is 945 g/mol. The number of allylic oxidation sites excluding steroid dienone is 6. The molecule has 1 saturated carbocycles. The molecule has 1 aliphatic carbocycles. The molecule has 0 aromatic heterocycles. The lowest BCUT2D eigenvalue weighted by atomic mass is 9.84. The molecule has 0 bridgehead atoms. The predicted octanol–water partition coefficient (Wildman–Crippen LogP) is 8.59. The SMILES string of the molecule is CCCCCC(C)C(=O)OC(CC(=O)C(C)/C=C(\C)C(O)C(OC)C(=O)C(C)CC(C)/C=C/C=C/C=C(\C)C(CC1CCC(C)C(O)(C(=O)C=O)O1)OC)C(C)CC1CCC(O)CC(OC)C1. The smallest absolute Gasteiger partial charge is 0.308 e. The second-order valence-electron chi connectivity index (χ2n) is 20.0. The number of carbonyl (C=O) groups is 5. The molecule has 13 nitrogen and oxygen atoms in total. The summed E-state index contributed by atoms with van der Waals surface area (Å²) in [4.78, 5) is 64.2. The summed E-state index contributed by atoms with van der Waals surface area (Å²) < 4.78 is 28.8. The summed E-state index contributed by atoms with van der Waals surface area (Å²) in [5.41, 5.74) is 1.35. The highest BCUT2D eigenvalue weighted by Gasteiger charge is 2.48. The topological polar surface area (TPSA) is 192 Å². The van der Waals surface area contributed by atoms with Crippen molar-refractivity contribution in [2.75, 3.05) is 21.3 Å². The first-order valence-corrected chi connectivity index (χ1v) is 25.0. The van der Waals surface area contributed by atoms with Crippen molar-refractivity contribution in [3.8, 4) is 0 Å². The molecule has 15 unspecified atom stereocenters. The number of ether oxygens (including phenoxy) is 5. The van der Waals surface area contributed by atoms with Gasteiger partial charge in [-0.1, -0.05) is 104 Å². The van der Waals surface area contributed by atoms with Crippen LogP contribution in [0.5, 0.6) is 0 Å². The number of carbonyl (C=O) groups excluding carboxylic acids is 5. The first kappa shape index (κ1) is 60.0. The second kappa shape index (κ2) is 30.4. The monoisotopic (exact) mass is 945 g/mol. The van der Waals surface area contributed by atoms with E-state index in [1.165, 1.54) is 7.11 Å². The standard InChI is InChI=1S/C54H88O13/c1-13-14-16-21-36(4)53(61)66-48(38(6)28-42-23-24-43(56)30-45(29-42)63-10)32-46(57)37(5)27-40(8)51(60)52(65-12)50(59)39(7)26-34(2)19-17-15-18-20-35(3)47(64-11)31-44-25-22-41(9)54(62,67-44)49(58)33-55/h15,17-20,27,33-34,36-39,41-45,47-48,51-52,56,60,62H,13-14,16,21-26,28-32H2,1-12H3/b18-15+,19-17+,35-20+,40-27+. The highest BCUT2D eigenvalue weighted by Crippen LogP contribution is 2.36. The van der Waals surface area contributed by atoms with E-state index in [4.69, 9.17) is 23.7 Å². The molecule has 2 aliphatic rings. The van der Waals surface area contributed by atoms with Crippen molar-refractivity contribution in [1.29, 1.82) is 0 Å². The first-order valence-electron chi connectivity index (χ1n) is 25.0. The van der Waals surface area contributed by atoms with E-state index >= 15 is 0 Å². The number of hydrogen-bond donors (Lipinski definition) is 3. The molecule has 0 spiro atoms. The van der Waals surface area contributed by atoms with E-state index in [0.717, 1.165) is 50.5 Å². The third-order valence-corrected chi connectivity index (χ3v) is 14.2. The molecule has 2 rings (SSSR count). The van der Waals surface area contributed by atoms with Gasteiger partial charge in [-0.05, 0) is 101 Å². The number of rotatable bonds is 30. The van der Waals surface area contributed by atoms with Gasteiger partial charge < -0.3 is 39.0 Å². The van der Waals surface area contributed by atoms with Crippen molar-refractivity contribution in [3.63, 3.8) is 0 Å². The van der Waals surface area contributed by atoms with E-state index in [1.54, 1.807) is 41.1 Å². The second-order valence-corrected chi connectivity index (χ2v) is 20.0. The van der Waals surface area contributed by atoms with Gasteiger partial charge in [0.1, 0.15) is 24.1 Å². The molecule has 3 N–H and O–H groups in total. The van der Waals surface area contributed by atoms with Crippen molar-refractivity contribution in [3.05, 3.63) is 47.6 Å². The highest BCUT2D eigenvalue weighted by atomic mass is 16.6. The van der Waals surface area contributed by atoms with Crippen molar-refractivity contribution >= 4 is 29.6 Å². The maximum atomic E-state index is 13.9. The number of methoxy groups -OCH3 is 3. The van der Waals surface area contributed by atoms with Gasteiger partial charge in [0.05, 0.1) is 30.3 Å². The quantitative estimate of drug-likeness (QED) is 0.0118. The Bertz CT molecular complexity index is 1670. The van der Waals surface area contributed by atoms with Crippen LogP contribution >= 0.6 is 0 Å². The summed E-state index contributed by atoms with van der Waals surface area (Å²) in [5, 5.41) is 32.6. The number of aliphatic hydroxyl groups excluding tert-OH is 2. The van der Waals surface area contributed by atoms with Gasteiger partial charge in [-0.3, -0.25) is 24.0 Å². The number of aliphatic hydroxyl groups is 3. The molecule has 15 atom stereocenters. The summed E-state index contributed by atoms with van der Waals surface area (Å²) in [5.74, 6) is -5.50. The molecule has 1 aliphatic heterocycles. The Morgan fingerprint density at radius 2 is 1.57 bits per heavy atom. The third-order valence-electron chi connectivity index (χ3n) is 14.2. The van der Waals surface area contributed by atoms with Crippen molar-refractivity contribution in [2.24, 2.45) is 41.4 Å². The van der Waals surface area contributed by atoms with Crippen LogP contribution in [-0.4, -0.2) is 115 Å². The Labute approximate surface area is 402 Å². The fraction of sp³-hybridized carbons (Fsp3) is 0.759. The molecule has 0 radical (unpaired) electrons. The van der Waals surface area contributed by atoms with E-state index < -0.39 is 59.8 Å². The van der Waals surface area contributed by atoms with Crippen molar-refractivity contribution in [1.82, 2.24) is 0 Å². The molecule has 67 heavy (non-hydrogen) atoms. The molecule has 13 heteroatoms. The Balaban J connectivity index is 2.06. The lowest BCUT2D eigenvalue weighted by Crippen LogP contribution is -2.53. The first-order chi connectivity index (χ1) is 31.6. The Morgan fingerprint density at radius 1 is 0.866 bits per heavy atom. The van der Waals surface area contributed by atoms with Crippen LogP contribution in [-0.2, 0) is 47.7 Å². The molecular weight excluding hydrogens is 857 g/mol. The number of hydrogen-bond acceptors (Lipinski definition) is 13. The lowest BCUT2D eigenvalue weighted by molar-refractivity contribution is -0.263. The van der Waals surface area contributed by atoms with E-state index in [2.05, 4.69) is 6.92 Å². The number of unbranched alkanes of at least 4 members (excludes halogenated alkanes) is 2. The van der Waals surface area contributed by atoms with Gasteiger partial charge in [0.2, 0.25) is 5.79 Å². The molecule has 0 amide bonds. The van der Waals surface area contributed by atoms with Gasteiger partial charge in [-0.2, -0.15) is 0 Å². The minimum absolute atomic E-state index is 0.0159. The van der Waals surface area contributed by atoms with Crippen LogP contribution < -0.4 is 0 Å². The van der Waals surface area contributed by atoms with Gasteiger partial charge in [-0.25, -0.2) is 0 Å². The average Bonchev–Trinajstić information content (AvgIpc) is 3.48. The number of aldehydes is 1. The van der Waals surface area contributed by atoms with Crippen molar-refractivity contribution in [2.45, 2.75) is 201 Å². The summed E-state index contributed by atoms with van der Waals surface area (Å²) in [6, 6.07) is 0. The van der Waals surface area contributed by atoms with E-state index in [9.17, 15) is 39.3 Å². The molecule has 0 aromatic carbocycles.